The van der Waals surface area contributed by atoms with Crippen molar-refractivity contribution in [3.63, 3.8) is 0 Å². The molecule has 0 amide bonds. The van der Waals surface area contributed by atoms with Gasteiger partial charge in [0.1, 0.15) is 6.10 Å². The molecule has 0 radical (unpaired) electrons. The number of nitrogens with zero attached hydrogens (tertiary/aromatic N) is 2. The normalized spacial score (nSPS) is 22.5. The van der Waals surface area contributed by atoms with Crippen molar-refractivity contribution in [2.75, 3.05) is 6.61 Å². The molecule has 0 bridgehead atoms. The van der Waals surface area contributed by atoms with Crippen molar-refractivity contribution < 1.29 is 9.26 Å². The molecule has 2 atom stereocenters. The van der Waals surface area contributed by atoms with E-state index in [9.17, 15) is 0 Å². The molecule has 0 aliphatic carbocycles. The highest BCUT2D eigenvalue weighted by Crippen LogP contribution is 2.25. The van der Waals surface area contributed by atoms with Gasteiger partial charge >= 0.3 is 0 Å². The third kappa shape index (κ3) is 2.80. The summed E-state index contributed by atoms with van der Waals surface area (Å²) in [6.07, 6.45) is 3.21. The van der Waals surface area contributed by atoms with Crippen LogP contribution in [0, 0.1) is 0 Å². The number of nitrogens with one attached hydrogen (secondary N) is 1. The molecule has 1 N–H and O–H groups in total. The molecule has 1 aliphatic rings. The first-order valence-corrected chi connectivity index (χ1v) is 5.97. The fourth-order valence-corrected chi connectivity index (χ4v) is 1.66. The van der Waals surface area contributed by atoms with Gasteiger partial charge in [-0.2, -0.15) is 4.98 Å². The highest BCUT2D eigenvalue weighted by Gasteiger charge is 2.22. The van der Waals surface area contributed by atoms with Crippen molar-refractivity contribution in [2.24, 2.45) is 0 Å². The summed E-state index contributed by atoms with van der Waals surface area (Å²) in [6.45, 7) is 5.72. The molecular weight excluding hydrogens is 206 g/mol. The Bertz CT molecular complexity index is 321. The molecule has 0 spiro atoms. The van der Waals surface area contributed by atoms with Gasteiger partial charge in [0.25, 0.3) is 0 Å². The minimum atomic E-state index is 0.0427. The van der Waals surface area contributed by atoms with Crippen LogP contribution in [0.5, 0.6) is 0 Å². The molecule has 5 nitrogen and oxygen atoms in total. The van der Waals surface area contributed by atoms with Gasteiger partial charge in [-0.15, -0.1) is 0 Å². The summed E-state index contributed by atoms with van der Waals surface area (Å²) in [7, 11) is 0. The maximum absolute atomic E-state index is 5.49. The zero-order valence-corrected chi connectivity index (χ0v) is 9.90. The van der Waals surface area contributed by atoms with Crippen LogP contribution in [0.1, 0.15) is 50.9 Å². The average Bonchev–Trinajstić information content (AvgIpc) is 2.95. The second-order valence-electron chi connectivity index (χ2n) is 4.24. The lowest BCUT2D eigenvalue weighted by Crippen LogP contribution is -2.24. The van der Waals surface area contributed by atoms with Crippen LogP contribution >= 0.6 is 0 Å². The summed E-state index contributed by atoms with van der Waals surface area (Å²) < 4.78 is 10.7. The van der Waals surface area contributed by atoms with Gasteiger partial charge in [-0.1, -0.05) is 12.1 Å². The third-order valence-electron chi connectivity index (χ3n) is 2.92. The van der Waals surface area contributed by atoms with Gasteiger partial charge in [0.2, 0.25) is 11.7 Å². The van der Waals surface area contributed by atoms with Crippen LogP contribution in [0.15, 0.2) is 4.52 Å². The molecule has 2 unspecified atom stereocenters. The van der Waals surface area contributed by atoms with Crippen molar-refractivity contribution in [3.8, 4) is 0 Å². The number of rotatable bonds is 5. The Morgan fingerprint density at radius 3 is 3.12 bits per heavy atom. The van der Waals surface area contributed by atoms with Crippen LogP contribution in [-0.4, -0.2) is 22.8 Å². The van der Waals surface area contributed by atoms with Gasteiger partial charge in [0.15, 0.2) is 0 Å². The molecule has 2 rings (SSSR count). The maximum atomic E-state index is 5.49. The van der Waals surface area contributed by atoms with Gasteiger partial charge < -0.3 is 14.6 Å². The predicted molar refractivity (Wildman–Crippen MR) is 58.8 cm³/mol. The molecular formula is C11H19N3O2. The second kappa shape index (κ2) is 5.41. The Labute approximate surface area is 95.6 Å². The quantitative estimate of drug-likeness (QED) is 0.828. The van der Waals surface area contributed by atoms with Crippen molar-refractivity contribution in [3.05, 3.63) is 11.7 Å². The highest BCUT2D eigenvalue weighted by molar-refractivity contribution is 4.93. The average molecular weight is 225 g/mol. The molecule has 90 valence electrons. The Kier molecular flexibility index (Phi) is 3.90. The largest absolute Gasteiger partial charge is 0.370 e. The smallest absolute Gasteiger partial charge is 0.240 e. The summed E-state index contributed by atoms with van der Waals surface area (Å²) in [4.78, 5) is 4.33. The van der Waals surface area contributed by atoms with Gasteiger partial charge in [-0.05, 0) is 26.2 Å². The minimum absolute atomic E-state index is 0.0427. The van der Waals surface area contributed by atoms with E-state index >= 15 is 0 Å². The van der Waals surface area contributed by atoms with E-state index in [2.05, 4.69) is 29.3 Å². The molecule has 0 saturated carbocycles. The Morgan fingerprint density at radius 1 is 1.56 bits per heavy atom. The molecule has 1 saturated heterocycles. The highest BCUT2D eigenvalue weighted by atomic mass is 16.5. The minimum Gasteiger partial charge on any atom is -0.370 e. The van der Waals surface area contributed by atoms with Crippen LogP contribution in [0.3, 0.4) is 0 Å². The van der Waals surface area contributed by atoms with Gasteiger partial charge in [-0.25, -0.2) is 0 Å². The fraction of sp³-hybridized carbons (Fsp3) is 0.818. The number of hydrogen-bond acceptors (Lipinski definition) is 5. The Hall–Kier alpha value is -0.940. The molecule has 0 aromatic carbocycles. The number of hydrogen-bond donors (Lipinski definition) is 1. The molecule has 1 aromatic rings. The van der Waals surface area contributed by atoms with E-state index in [1.807, 2.05) is 0 Å². The molecule has 1 fully saturated rings. The SMILES string of the molecule is CCC(C)NCc1nc(C2CCCO2)no1. The zero-order valence-electron chi connectivity index (χ0n) is 9.90. The summed E-state index contributed by atoms with van der Waals surface area (Å²) in [6, 6.07) is 0.470. The Balaban J connectivity index is 1.86. The maximum Gasteiger partial charge on any atom is 0.240 e. The summed E-state index contributed by atoms with van der Waals surface area (Å²) >= 11 is 0. The lowest BCUT2D eigenvalue weighted by molar-refractivity contribution is 0.103. The van der Waals surface area contributed by atoms with E-state index in [4.69, 9.17) is 9.26 Å². The van der Waals surface area contributed by atoms with Gasteiger partial charge in [0.05, 0.1) is 6.54 Å². The monoisotopic (exact) mass is 225 g/mol. The molecule has 5 heteroatoms. The number of ether oxygens (including phenoxy) is 1. The summed E-state index contributed by atoms with van der Waals surface area (Å²) in [5, 5.41) is 7.27. The van der Waals surface area contributed by atoms with Crippen LogP contribution < -0.4 is 5.32 Å². The van der Waals surface area contributed by atoms with Crippen LogP contribution in [0.4, 0.5) is 0 Å². The fourth-order valence-electron chi connectivity index (χ4n) is 1.66. The lowest BCUT2D eigenvalue weighted by Gasteiger charge is -2.07. The van der Waals surface area contributed by atoms with E-state index in [0.717, 1.165) is 25.9 Å². The standard InChI is InChI=1S/C11H19N3O2/c1-3-8(2)12-7-10-13-11(14-16-10)9-5-4-6-15-9/h8-9,12H,3-7H2,1-2H3. The van der Waals surface area contributed by atoms with E-state index in [0.29, 0.717) is 24.3 Å². The van der Waals surface area contributed by atoms with Crippen molar-refractivity contribution in [1.82, 2.24) is 15.5 Å². The molecule has 2 heterocycles. The first-order valence-electron chi connectivity index (χ1n) is 5.97. The topological polar surface area (TPSA) is 60.2 Å². The first-order chi connectivity index (χ1) is 7.79. The molecule has 1 aromatic heterocycles. The summed E-state index contributed by atoms with van der Waals surface area (Å²) in [5.74, 6) is 1.34. The van der Waals surface area contributed by atoms with E-state index in [1.165, 1.54) is 0 Å². The second-order valence-corrected chi connectivity index (χ2v) is 4.24. The molecule has 16 heavy (non-hydrogen) atoms. The van der Waals surface area contributed by atoms with Crippen molar-refractivity contribution in [1.29, 1.82) is 0 Å². The lowest BCUT2D eigenvalue weighted by atomic mass is 10.2. The first kappa shape index (κ1) is 11.5. The van der Waals surface area contributed by atoms with Crippen LogP contribution in [0.25, 0.3) is 0 Å². The molecule has 1 aliphatic heterocycles. The number of aromatic nitrogens is 2. The van der Waals surface area contributed by atoms with Crippen LogP contribution in [0.2, 0.25) is 0 Å². The third-order valence-corrected chi connectivity index (χ3v) is 2.92. The summed E-state index contributed by atoms with van der Waals surface area (Å²) in [5.41, 5.74) is 0. The van der Waals surface area contributed by atoms with Crippen molar-refractivity contribution >= 4 is 0 Å². The predicted octanol–water partition coefficient (Wildman–Crippen LogP) is 1.81. The Morgan fingerprint density at radius 2 is 2.44 bits per heavy atom. The van der Waals surface area contributed by atoms with Crippen molar-refractivity contribution in [2.45, 2.75) is 51.8 Å². The van der Waals surface area contributed by atoms with Gasteiger partial charge in [0, 0.05) is 12.6 Å². The van der Waals surface area contributed by atoms with Crippen LogP contribution in [-0.2, 0) is 11.3 Å². The zero-order chi connectivity index (χ0) is 11.4. The van der Waals surface area contributed by atoms with Gasteiger partial charge in [-0.3, -0.25) is 0 Å². The van der Waals surface area contributed by atoms with E-state index in [1.54, 1.807) is 0 Å². The van der Waals surface area contributed by atoms with E-state index in [-0.39, 0.29) is 6.10 Å². The van der Waals surface area contributed by atoms with E-state index < -0.39 is 0 Å².